The maximum Gasteiger partial charge on any atom is 0.0590 e. The van der Waals surface area contributed by atoms with Gasteiger partial charge >= 0.3 is 0 Å². The summed E-state index contributed by atoms with van der Waals surface area (Å²) in [5.74, 6) is 0. The molecule has 18 heavy (non-hydrogen) atoms. The third-order valence-electron chi connectivity index (χ3n) is 4.43. The Morgan fingerprint density at radius 3 is 1.67 bits per heavy atom. The molecule has 1 heteroatoms. The van der Waals surface area contributed by atoms with Crippen LogP contribution in [0.1, 0.15) is 71.4 Å². The fourth-order valence-electron chi connectivity index (χ4n) is 2.72. The van der Waals surface area contributed by atoms with Gasteiger partial charge in [0.05, 0.1) is 5.38 Å². The number of benzene rings is 1. The van der Waals surface area contributed by atoms with Gasteiger partial charge in [0.25, 0.3) is 0 Å². The largest absolute Gasteiger partial charge is 0.118 e. The van der Waals surface area contributed by atoms with E-state index in [0.29, 0.717) is 0 Å². The van der Waals surface area contributed by atoms with Crippen molar-refractivity contribution in [2.45, 2.75) is 72.6 Å². The van der Waals surface area contributed by atoms with Gasteiger partial charge < -0.3 is 0 Å². The predicted molar refractivity (Wildman–Crippen MR) is 82.9 cm³/mol. The summed E-state index contributed by atoms with van der Waals surface area (Å²) in [5.41, 5.74) is 8.42. The Labute approximate surface area is 118 Å². The second kappa shape index (κ2) is 6.61. The van der Waals surface area contributed by atoms with Gasteiger partial charge in [0.1, 0.15) is 0 Å². The molecule has 1 aromatic carbocycles. The van der Waals surface area contributed by atoms with Gasteiger partial charge in [0, 0.05) is 0 Å². The van der Waals surface area contributed by atoms with Crippen LogP contribution in [-0.2, 0) is 0 Å². The number of hydrogen-bond donors (Lipinski definition) is 0. The topological polar surface area (TPSA) is 0 Å². The molecular formula is C17H27Cl. The number of alkyl halides is 1. The van der Waals surface area contributed by atoms with E-state index in [0.717, 1.165) is 6.42 Å². The standard InChI is InChI=1S/C17H27Cl/c1-7-8-9-10-16(18)17-14(5)12(3)11(2)13(4)15(17)6/h16H,7-10H2,1-6H3. The highest BCUT2D eigenvalue weighted by Crippen LogP contribution is 2.36. The highest BCUT2D eigenvalue weighted by molar-refractivity contribution is 6.21. The number of unbranched alkanes of at least 4 members (excludes halogenated alkanes) is 2. The smallest absolute Gasteiger partial charge is 0.0590 e. The quantitative estimate of drug-likeness (QED) is 0.447. The highest BCUT2D eigenvalue weighted by Gasteiger charge is 2.18. The van der Waals surface area contributed by atoms with E-state index in [-0.39, 0.29) is 5.38 Å². The normalized spacial score (nSPS) is 12.8. The number of hydrogen-bond acceptors (Lipinski definition) is 0. The van der Waals surface area contributed by atoms with Crippen molar-refractivity contribution >= 4 is 11.6 Å². The van der Waals surface area contributed by atoms with Gasteiger partial charge in [-0.25, -0.2) is 0 Å². The molecule has 0 fully saturated rings. The first-order valence-electron chi connectivity index (χ1n) is 7.12. The Balaban J connectivity index is 3.08. The van der Waals surface area contributed by atoms with E-state index < -0.39 is 0 Å². The Bertz CT molecular complexity index is 389. The number of rotatable bonds is 5. The summed E-state index contributed by atoms with van der Waals surface area (Å²) in [5, 5.41) is 0.176. The first kappa shape index (κ1) is 15.6. The summed E-state index contributed by atoms with van der Waals surface area (Å²) in [4.78, 5) is 0. The molecule has 0 amide bonds. The minimum Gasteiger partial charge on any atom is -0.118 e. The van der Waals surface area contributed by atoms with Crippen molar-refractivity contribution in [3.8, 4) is 0 Å². The Morgan fingerprint density at radius 1 is 0.778 bits per heavy atom. The average Bonchev–Trinajstić information content (AvgIpc) is 2.34. The number of halogens is 1. The molecule has 1 atom stereocenters. The van der Waals surface area contributed by atoms with Gasteiger partial charge in [-0.15, -0.1) is 11.6 Å². The van der Waals surface area contributed by atoms with Crippen molar-refractivity contribution in [2.24, 2.45) is 0 Å². The molecule has 0 saturated heterocycles. The molecule has 0 N–H and O–H groups in total. The Hall–Kier alpha value is -0.490. The van der Waals surface area contributed by atoms with Crippen LogP contribution in [0.3, 0.4) is 0 Å². The van der Waals surface area contributed by atoms with E-state index in [4.69, 9.17) is 11.6 Å². The molecule has 102 valence electrons. The van der Waals surface area contributed by atoms with Crippen molar-refractivity contribution in [3.05, 3.63) is 33.4 Å². The molecule has 1 aromatic rings. The third-order valence-corrected chi connectivity index (χ3v) is 4.87. The molecule has 0 saturated carbocycles. The zero-order chi connectivity index (χ0) is 13.9. The lowest BCUT2D eigenvalue weighted by Crippen LogP contribution is -2.05. The summed E-state index contributed by atoms with van der Waals surface area (Å²) in [6, 6.07) is 0. The first-order valence-corrected chi connectivity index (χ1v) is 7.56. The zero-order valence-corrected chi connectivity index (χ0v) is 13.5. The first-order chi connectivity index (χ1) is 8.41. The fourth-order valence-corrected chi connectivity index (χ4v) is 3.20. The van der Waals surface area contributed by atoms with Gasteiger partial charge in [-0.1, -0.05) is 26.2 Å². The lowest BCUT2D eigenvalue weighted by Gasteiger charge is -2.22. The SMILES string of the molecule is CCCCCC(Cl)c1c(C)c(C)c(C)c(C)c1C. The maximum atomic E-state index is 6.65. The van der Waals surface area contributed by atoms with Gasteiger partial charge in [0.2, 0.25) is 0 Å². The van der Waals surface area contributed by atoms with Crippen molar-refractivity contribution < 1.29 is 0 Å². The van der Waals surface area contributed by atoms with Crippen LogP contribution in [0.15, 0.2) is 0 Å². The molecule has 1 unspecified atom stereocenters. The lowest BCUT2D eigenvalue weighted by atomic mass is 9.87. The minimum atomic E-state index is 0.176. The molecule has 0 aliphatic carbocycles. The molecular weight excluding hydrogens is 240 g/mol. The van der Waals surface area contributed by atoms with E-state index in [1.54, 1.807) is 0 Å². The summed E-state index contributed by atoms with van der Waals surface area (Å²) in [6.45, 7) is 13.3. The summed E-state index contributed by atoms with van der Waals surface area (Å²) in [6.07, 6.45) is 4.87. The van der Waals surface area contributed by atoms with Crippen molar-refractivity contribution in [2.75, 3.05) is 0 Å². The van der Waals surface area contributed by atoms with Crippen LogP contribution >= 0.6 is 11.6 Å². The van der Waals surface area contributed by atoms with E-state index >= 15 is 0 Å². The van der Waals surface area contributed by atoms with Gasteiger partial charge in [-0.2, -0.15) is 0 Å². The van der Waals surface area contributed by atoms with E-state index in [2.05, 4.69) is 41.5 Å². The van der Waals surface area contributed by atoms with Crippen molar-refractivity contribution in [1.82, 2.24) is 0 Å². The monoisotopic (exact) mass is 266 g/mol. The van der Waals surface area contributed by atoms with Crippen molar-refractivity contribution in [3.63, 3.8) is 0 Å². The average molecular weight is 267 g/mol. The van der Waals surface area contributed by atoms with Crippen LogP contribution in [0.2, 0.25) is 0 Å². The van der Waals surface area contributed by atoms with Crippen LogP contribution in [0, 0.1) is 34.6 Å². The third kappa shape index (κ3) is 3.09. The Kier molecular flexibility index (Phi) is 5.72. The van der Waals surface area contributed by atoms with Crippen molar-refractivity contribution in [1.29, 1.82) is 0 Å². The molecule has 1 rings (SSSR count). The molecule has 0 heterocycles. The lowest BCUT2D eigenvalue weighted by molar-refractivity contribution is 0.652. The summed E-state index contributed by atoms with van der Waals surface area (Å²) < 4.78 is 0. The predicted octanol–water partition coefficient (Wildman–Crippen LogP) is 6.09. The molecule has 0 radical (unpaired) electrons. The molecule has 0 aliphatic rings. The van der Waals surface area contributed by atoms with E-state index in [1.807, 2.05) is 0 Å². The molecule has 0 aliphatic heterocycles. The molecule has 0 bridgehead atoms. The van der Waals surface area contributed by atoms with Crippen LogP contribution in [0.25, 0.3) is 0 Å². The maximum absolute atomic E-state index is 6.65. The van der Waals surface area contributed by atoms with Gasteiger partial charge in [-0.05, 0) is 74.4 Å². The van der Waals surface area contributed by atoms with Crippen LogP contribution in [-0.4, -0.2) is 0 Å². The molecule has 0 nitrogen and oxygen atoms in total. The second-order valence-corrected chi connectivity index (χ2v) is 6.03. The minimum absolute atomic E-state index is 0.176. The summed E-state index contributed by atoms with van der Waals surface area (Å²) >= 11 is 6.65. The Morgan fingerprint density at radius 2 is 1.22 bits per heavy atom. The van der Waals surface area contributed by atoms with Crippen LogP contribution < -0.4 is 0 Å². The van der Waals surface area contributed by atoms with Gasteiger partial charge in [-0.3, -0.25) is 0 Å². The second-order valence-electron chi connectivity index (χ2n) is 5.50. The van der Waals surface area contributed by atoms with E-state index in [9.17, 15) is 0 Å². The van der Waals surface area contributed by atoms with E-state index in [1.165, 1.54) is 52.6 Å². The van der Waals surface area contributed by atoms with Gasteiger partial charge in [0.15, 0.2) is 0 Å². The van der Waals surface area contributed by atoms with Crippen LogP contribution in [0.5, 0.6) is 0 Å². The highest BCUT2D eigenvalue weighted by atomic mass is 35.5. The van der Waals surface area contributed by atoms with Crippen LogP contribution in [0.4, 0.5) is 0 Å². The fraction of sp³-hybridized carbons (Fsp3) is 0.647. The molecule has 0 spiro atoms. The molecule has 0 aromatic heterocycles. The zero-order valence-electron chi connectivity index (χ0n) is 12.8. The summed E-state index contributed by atoms with van der Waals surface area (Å²) in [7, 11) is 0.